The van der Waals surface area contributed by atoms with E-state index >= 15 is 0 Å². The highest BCUT2D eigenvalue weighted by atomic mass is 15.1. The Bertz CT molecular complexity index is 798. The molecule has 134 valence electrons. The maximum atomic E-state index is 4.05. The highest BCUT2D eigenvalue weighted by Gasteiger charge is 2.18. The van der Waals surface area contributed by atoms with E-state index in [4.69, 9.17) is 0 Å². The fourth-order valence-corrected chi connectivity index (χ4v) is 3.96. The predicted molar refractivity (Wildman–Crippen MR) is 107 cm³/mol. The number of H-pyrrole nitrogens is 1. The van der Waals surface area contributed by atoms with Crippen LogP contribution in [-0.2, 0) is 0 Å². The van der Waals surface area contributed by atoms with Gasteiger partial charge in [0, 0.05) is 17.7 Å². The number of rotatable bonds is 6. The quantitative estimate of drug-likeness (QED) is 0.681. The Balaban J connectivity index is 1.57. The van der Waals surface area contributed by atoms with Gasteiger partial charge in [0.15, 0.2) is 0 Å². The van der Waals surface area contributed by atoms with Crippen LogP contribution in [0.3, 0.4) is 0 Å². The minimum atomic E-state index is 0.453. The second-order valence-corrected chi connectivity index (χ2v) is 7.41. The van der Waals surface area contributed by atoms with Gasteiger partial charge in [0.25, 0.3) is 0 Å². The van der Waals surface area contributed by atoms with Crippen LogP contribution in [-0.4, -0.2) is 34.7 Å². The Morgan fingerprint density at radius 2 is 1.58 bits per heavy atom. The van der Waals surface area contributed by atoms with Crippen LogP contribution in [0, 0.1) is 6.92 Å². The number of aromatic amines is 1. The Labute approximate surface area is 156 Å². The molecular formula is C23H27N3. The Hall–Kier alpha value is -2.39. The number of nitrogens with zero attached hydrogens (tertiary/aromatic N) is 2. The lowest BCUT2D eigenvalue weighted by molar-refractivity contribution is 0.327. The van der Waals surface area contributed by atoms with Crippen molar-refractivity contribution in [1.29, 1.82) is 0 Å². The third-order valence-electron chi connectivity index (χ3n) is 5.56. The number of hydrogen-bond acceptors (Lipinski definition) is 2. The predicted octanol–water partition coefficient (Wildman–Crippen LogP) is 5.00. The molecule has 1 saturated heterocycles. The van der Waals surface area contributed by atoms with Crippen LogP contribution in [0.4, 0.5) is 0 Å². The smallest absolute Gasteiger partial charge is 0.0565 e. The molecule has 1 aliphatic rings. The average Bonchev–Trinajstić information content (AvgIpc) is 3.38. The zero-order valence-corrected chi connectivity index (χ0v) is 15.5. The third-order valence-corrected chi connectivity index (χ3v) is 5.56. The van der Waals surface area contributed by atoms with Gasteiger partial charge in [-0.25, -0.2) is 0 Å². The molecule has 3 aromatic rings. The van der Waals surface area contributed by atoms with Gasteiger partial charge in [0.1, 0.15) is 0 Å². The number of likely N-dealkylation sites (tertiary alicyclic amines) is 1. The molecule has 1 unspecified atom stereocenters. The van der Waals surface area contributed by atoms with Crippen molar-refractivity contribution in [3.8, 4) is 11.1 Å². The van der Waals surface area contributed by atoms with Crippen LogP contribution in [0.5, 0.6) is 0 Å². The first kappa shape index (κ1) is 17.0. The summed E-state index contributed by atoms with van der Waals surface area (Å²) in [6.45, 7) is 5.87. The van der Waals surface area contributed by atoms with Crippen molar-refractivity contribution < 1.29 is 0 Å². The number of nitrogens with one attached hydrogen (secondary N) is 1. The highest BCUT2D eigenvalue weighted by molar-refractivity contribution is 5.62. The normalized spacial score (nSPS) is 16.0. The van der Waals surface area contributed by atoms with Crippen LogP contribution in [0.2, 0.25) is 0 Å². The molecule has 0 saturated carbocycles. The van der Waals surface area contributed by atoms with Gasteiger partial charge in [-0.1, -0.05) is 54.1 Å². The number of aryl methyl sites for hydroxylation is 1. The highest BCUT2D eigenvalue weighted by Crippen LogP contribution is 2.31. The fraction of sp³-hybridized carbons (Fsp3) is 0.348. The first-order valence-electron chi connectivity index (χ1n) is 9.67. The molecule has 3 heteroatoms. The fourth-order valence-electron chi connectivity index (χ4n) is 3.96. The van der Waals surface area contributed by atoms with E-state index in [1.807, 2.05) is 12.4 Å². The lowest BCUT2D eigenvalue weighted by atomic mass is 9.87. The monoisotopic (exact) mass is 345 g/mol. The summed E-state index contributed by atoms with van der Waals surface area (Å²) in [7, 11) is 0. The van der Waals surface area contributed by atoms with Crippen molar-refractivity contribution in [2.75, 3.05) is 19.6 Å². The molecule has 1 atom stereocenters. The summed E-state index contributed by atoms with van der Waals surface area (Å²) in [6.07, 6.45) is 7.71. The minimum Gasteiger partial charge on any atom is -0.303 e. The van der Waals surface area contributed by atoms with Gasteiger partial charge in [-0.2, -0.15) is 5.10 Å². The van der Waals surface area contributed by atoms with Crippen molar-refractivity contribution in [3.63, 3.8) is 0 Å². The third kappa shape index (κ3) is 3.88. The van der Waals surface area contributed by atoms with E-state index in [2.05, 4.69) is 70.6 Å². The molecule has 4 rings (SSSR count). The summed E-state index contributed by atoms with van der Waals surface area (Å²) in [5, 5.41) is 6.95. The van der Waals surface area contributed by atoms with Gasteiger partial charge in [-0.15, -0.1) is 0 Å². The molecule has 0 aliphatic carbocycles. The largest absolute Gasteiger partial charge is 0.303 e. The number of hydrogen-bond donors (Lipinski definition) is 1. The first-order valence-corrected chi connectivity index (χ1v) is 9.67. The van der Waals surface area contributed by atoms with Crippen LogP contribution < -0.4 is 0 Å². The maximum absolute atomic E-state index is 4.05. The number of aromatic nitrogens is 2. The summed E-state index contributed by atoms with van der Waals surface area (Å²) in [6, 6.07) is 18.1. The van der Waals surface area contributed by atoms with E-state index in [0.717, 1.165) is 5.56 Å². The Morgan fingerprint density at radius 3 is 2.19 bits per heavy atom. The summed E-state index contributed by atoms with van der Waals surface area (Å²) < 4.78 is 0. The van der Waals surface area contributed by atoms with Crippen molar-refractivity contribution in [2.45, 2.75) is 32.1 Å². The summed E-state index contributed by atoms with van der Waals surface area (Å²) in [5.41, 5.74) is 6.50. The van der Waals surface area contributed by atoms with Crippen LogP contribution >= 0.6 is 0 Å². The van der Waals surface area contributed by atoms with Crippen LogP contribution in [0.1, 0.15) is 41.9 Å². The molecule has 2 aromatic carbocycles. The van der Waals surface area contributed by atoms with Crippen LogP contribution in [0.25, 0.3) is 11.1 Å². The molecule has 26 heavy (non-hydrogen) atoms. The van der Waals surface area contributed by atoms with Gasteiger partial charge in [0.2, 0.25) is 0 Å². The van der Waals surface area contributed by atoms with Crippen molar-refractivity contribution >= 4 is 0 Å². The van der Waals surface area contributed by atoms with E-state index in [1.54, 1.807) is 0 Å². The average molecular weight is 345 g/mol. The molecule has 2 heterocycles. The van der Waals surface area contributed by atoms with E-state index < -0.39 is 0 Å². The minimum absolute atomic E-state index is 0.453. The lowest BCUT2D eigenvalue weighted by Crippen LogP contribution is -2.22. The standard InChI is InChI=1S/C23H27N3/c1-18-4-6-20(7-5-18)23(12-15-26-13-2-3-14-26)21-10-8-19(9-11-21)22-16-24-25-17-22/h4-11,16-17,23H,2-3,12-15H2,1H3,(H,24,25). The van der Waals surface area contributed by atoms with Gasteiger partial charge in [0.05, 0.1) is 6.20 Å². The maximum Gasteiger partial charge on any atom is 0.0565 e. The molecule has 0 radical (unpaired) electrons. The molecule has 1 aromatic heterocycles. The molecule has 0 amide bonds. The first-order chi connectivity index (χ1) is 12.8. The molecular weight excluding hydrogens is 318 g/mol. The Morgan fingerprint density at radius 1 is 0.923 bits per heavy atom. The summed E-state index contributed by atoms with van der Waals surface area (Å²) in [5.74, 6) is 0.453. The molecule has 1 fully saturated rings. The van der Waals surface area contributed by atoms with Crippen molar-refractivity contribution in [2.24, 2.45) is 0 Å². The van der Waals surface area contributed by atoms with E-state index in [-0.39, 0.29) is 0 Å². The zero-order valence-electron chi connectivity index (χ0n) is 15.5. The van der Waals surface area contributed by atoms with Crippen LogP contribution in [0.15, 0.2) is 60.9 Å². The van der Waals surface area contributed by atoms with Gasteiger partial charge in [-0.05, 0) is 62.5 Å². The lowest BCUT2D eigenvalue weighted by Gasteiger charge is -2.22. The van der Waals surface area contributed by atoms with Crippen molar-refractivity contribution in [1.82, 2.24) is 15.1 Å². The SMILES string of the molecule is Cc1ccc(C(CCN2CCCC2)c2ccc(-c3cn[nH]c3)cc2)cc1. The van der Waals surface area contributed by atoms with E-state index in [0.29, 0.717) is 5.92 Å². The van der Waals surface area contributed by atoms with Gasteiger partial charge >= 0.3 is 0 Å². The zero-order chi connectivity index (χ0) is 17.8. The van der Waals surface area contributed by atoms with Gasteiger partial charge < -0.3 is 4.90 Å². The second kappa shape index (κ2) is 7.88. The Kier molecular flexibility index (Phi) is 5.16. The molecule has 1 N–H and O–H groups in total. The second-order valence-electron chi connectivity index (χ2n) is 7.41. The van der Waals surface area contributed by atoms with Crippen molar-refractivity contribution in [3.05, 3.63) is 77.6 Å². The molecule has 0 spiro atoms. The molecule has 3 nitrogen and oxygen atoms in total. The van der Waals surface area contributed by atoms with Gasteiger partial charge in [-0.3, -0.25) is 5.10 Å². The van der Waals surface area contributed by atoms with E-state index in [9.17, 15) is 0 Å². The van der Waals surface area contributed by atoms with E-state index in [1.165, 1.54) is 61.2 Å². The summed E-state index contributed by atoms with van der Waals surface area (Å²) >= 11 is 0. The summed E-state index contributed by atoms with van der Waals surface area (Å²) in [4.78, 5) is 2.61. The molecule has 0 bridgehead atoms. The number of benzene rings is 2. The topological polar surface area (TPSA) is 31.9 Å². The molecule has 1 aliphatic heterocycles.